The van der Waals surface area contributed by atoms with Crippen LogP contribution in [0.4, 0.5) is 22.0 Å². The molecule has 0 spiro atoms. The maximum absolute atomic E-state index is 12.3. The first-order valence-electron chi connectivity index (χ1n) is 6.69. The second-order valence-electron chi connectivity index (χ2n) is 4.66. The zero-order valence-corrected chi connectivity index (χ0v) is 13.8. The van der Waals surface area contributed by atoms with Crippen molar-refractivity contribution in [1.29, 1.82) is 0 Å². The normalized spacial score (nSPS) is 12.8. The molecule has 0 aliphatic carbocycles. The van der Waals surface area contributed by atoms with Gasteiger partial charge in [-0.25, -0.2) is 4.79 Å². The molecule has 0 N–H and O–H groups in total. The summed E-state index contributed by atoms with van der Waals surface area (Å²) in [5, 5.41) is -0.216. The third-order valence-corrected chi connectivity index (χ3v) is 2.99. The predicted octanol–water partition coefficient (Wildman–Crippen LogP) is 3.96. The van der Waals surface area contributed by atoms with Crippen LogP contribution in [0, 0.1) is 0 Å². The highest BCUT2D eigenvalue weighted by molar-refractivity contribution is 6.32. The van der Waals surface area contributed by atoms with E-state index in [1.54, 1.807) is 0 Å². The molecule has 0 aromatic heterocycles. The van der Waals surface area contributed by atoms with Gasteiger partial charge < -0.3 is 18.9 Å². The Hall–Kier alpha value is -1.81. The molecule has 25 heavy (non-hydrogen) atoms. The summed E-state index contributed by atoms with van der Waals surface area (Å²) in [6.07, 6.45) is -6.02. The van der Waals surface area contributed by atoms with Gasteiger partial charge in [0.25, 0.3) is 0 Å². The van der Waals surface area contributed by atoms with E-state index in [1.807, 2.05) is 0 Å². The summed E-state index contributed by atoms with van der Waals surface area (Å²) in [6.45, 7) is -4.00. The van der Waals surface area contributed by atoms with Crippen molar-refractivity contribution in [3.8, 4) is 11.5 Å². The second kappa shape index (κ2) is 9.04. The van der Waals surface area contributed by atoms with Crippen molar-refractivity contribution >= 4 is 17.6 Å². The summed E-state index contributed by atoms with van der Waals surface area (Å²) < 4.78 is 78.9. The van der Waals surface area contributed by atoms with Crippen LogP contribution in [0.3, 0.4) is 0 Å². The lowest BCUT2D eigenvalue weighted by atomic mass is 10.2. The van der Waals surface area contributed by atoms with Crippen LogP contribution in [0.5, 0.6) is 11.5 Å². The van der Waals surface area contributed by atoms with Crippen molar-refractivity contribution in [1.82, 2.24) is 0 Å². The van der Waals surface area contributed by atoms with Gasteiger partial charge in [-0.1, -0.05) is 11.6 Å². The van der Waals surface area contributed by atoms with Gasteiger partial charge in [-0.05, 0) is 24.6 Å². The van der Waals surface area contributed by atoms with E-state index in [4.69, 9.17) is 21.1 Å². The smallest absolute Gasteiger partial charge is 0.411 e. The van der Waals surface area contributed by atoms with E-state index < -0.39 is 37.2 Å². The highest BCUT2D eigenvalue weighted by Crippen LogP contribution is 2.37. The lowest BCUT2D eigenvalue weighted by molar-refractivity contribution is -0.193. The fourth-order valence-corrected chi connectivity index (χ4v) is 1.90. The van der Waals surface area contributed by atoms with Crippen molar-refractivity contribution in [3.05, 3.63) is 22.7 Å². The van der Waals surface area contributed by atoms with Crippen molar-refractivity contribution in [2.24, 2.45) is 0 Å². The Labute approximate surface area is 144 Å². The molecular formula is C14H14ClF5O5. The van der Waals surface area contributed by atoms with Crippen molar-refractivity contribution in [3.63, 3.8) is 0 Å². The molecule has 0 aliphatic rings. The number of alkyl halides is 5. The van der Waals surface area contributed by atoms with E-state index in [0.717, 1.165) is 6.92 Å². The van der Waals surface area contributed by atoms with Gasteiger partial charge >= 0.3 is 18.8 Å². The number of hydrogen-bond acceptors (Lipinski definition) is 5. The summed E-state index contributed by atoms with van der Waals surface area (Å²) >= 11 is 5.81. The molecule has 142 valence electrons. The summed E-state index contributed by atoms with van der Waals surface area (Å²) in [5.74, 6) is -1.55. The molecule has 0 amide bonds. The van der Waals surface area contributed by atoms with Gasteiger partial charge in [0, 0.05) is 0 Å². The molecular weight excluding hydrogens is 379 g/mol. The molecule has 0 saturated carbocycles. The number of benzene rings is 1. The minimum atomic E-state index is -4.57. The van der Waals surface area contributed by atoms with E-state index in [2.05, 4.69) is 9.47 Å². The number of rotatable bonds is 8. The maximum atomic E-state index is 12.3. The Morgan fingerprint density at radius 3 is 2.44 bits per heavy atom. The van der Waals surface area contributed by atoms with Crippen molar-refractivity contribution in [2.75, 3.05) is 13.7 Å². The Balaban J connectivity index is 2.71. The number of carbonyl (C=O) groups excluding carboxylic acids is 1. The summed E-state index contributed by atoms with van der Waals surface area (Å²) in [6, 6.07) is 2.43. The molecule has 0 fully saturated rings. The largest absolute Gasteiger partial charge is 0.493 e. The van der Waals surface area contributed by atoms with Crippen LogP contribution in [0.25, 0.3) is 0 Å². The predicted molar refractivity (Wildman–Crippen MR) is 75.9 cm³/mol. The standard InChI is InChI=1S/C14H14ClF5O5/c1-7(24-6-14(18,19)20)12(21)23-5-8-3-9(15)11(25-13(16)17)10(4-8)22-2/h3-4,7,13H,5-6H2,1-2H3. The van der Waals surface area contributed by atoms with Crippen molar-refractivity contribution in [2.45, 2.75) is 32.4 Å². The molecule has 11 heteroatoms. The molecule has 5 nitrogen and oxygen atoms in total. The van der Waals surface area contributed by atoms with E-state index in [9.17, 15) is 26.7 Å². The van der Waals surface area contributed by atoms with E-state index in [-0.39, 0.29) is 22.9 Å². The molecule has 1 unspecified atom stereocenters. The topological polar surface area (TPSA) is 54.0 Å². The number of ether oxygens (including phenoxy) is 4. The summed E-state index contributed by atoms with van der Waals surface area (Å²) in [7, 11) is 1.19. The van der Waals surface area contributed by atoms with Crippen LogP contribution in [0.2, 0.25) is 5.02 Å². The Kier molecular flexibility index (Phi) is 7.68. The van der Waals surface area contributed by atoms with Gasteiger partial charge in [0.05, 0.1) is 12.1 Å². The lowest BCUT2D eigenvalue weighted by Gasteiger charge is -2.15. The molecule has 0 saturated heterocycles. The first-order chi connectivity index (χ1) is 11.5. The van der Waals surface area contributed by atoms with Crippen LogP contribution < -0.4 is 9.47 Å². The van der Waals surface area contributed by atoms with Crippen LogP contribution in [0.15, 0.2) is 12.1 Å². The fourth-order valence-electron chi connectivity index (χ4n) is 1.62. The van der Waals surface area contributed by atoms with E-state index in [0.29, 0.717) is 0 Å². The Morgan fingerprint density at radius 2 is 1.92 bits per heavy atom. The molecule has 1 atom stereocenters. The zero-order valence-electron chi connectivity index (χ0n) is 13.0. The number of hydrogen-bond donors (Lipinski definition) is 0. The molecule has 1 aromatic rings. The first kappa shape index (κ1) is 21.2. The molecule has 0 aliphatic heterocycles. The highest BCUT2D eigenvalue weighted by Gasteiger charge is 2.30. The third-order valence-electron chi connectivity index (χ3n) is 2.71. The van der Waals surface area contributed by atoms with E-state index in [1.165, 1.54) is 19.2 Å². The Morgan fingerprint density at radius 1 is 1.28 bits per heavy atom. The van der Waals surface area contributed by atoms with Crippen LogP contribution >= 0.6 is 11.6 Å². The Bertz CT molecular complexity index is 594. The zero-order chi connectivity index (χ0) is 19.2. The monoisotopic (exact) mass is 392 g/mol. The number of halogens is 6. The summed E-state index contributed by atoms with van der Waals surface area (Å²) in [4.78, 5) is 11.6. The average molecular weight is 393 g/mol. The molecule has 0 heterocycles. The van der Waals surface area contributed by atoms with Gasteiger partial charge in [-0.3, -0.25) is 0 Å². The lowest BCUT2D eigenvalue weighted by Crippen LogP contribution is -2.28. The average Bonchev–Trinajstić information content (AvgIpc) is 2.51. The van der Waals surface area contributed by atoms with E-state index >= 15 is 0 Å². The van der Waals surface area contributed by atoms with Gasteiger partial charge in [-0.2, -0.15) is 22.0 Å². The number of esters is 1. The van der Waals surface area contributed by atoms with Crippen LogP contribution in [-0.2, 0) is 20.9 Å². The minimum absolute atomic E-state index is 0.125. The SMILES string of the molecule is COc1cc(COC(=O)C(C)OCC(F)(F)F)cc(Cl)c1OC(F)F. The minimum Gasteiger partial charge on any atom is -0.493 e. The highest BCUT2D eigenvalue weighted by atomic mass is 35.5. The number of methoxy groups -OCH3 is 1. The second-order valence-corrected chi connectivity index (χ2v) is 5.07. The van der Waals surface area contributed by atoms with Crippen LogP contribution in [-0.4, -0.2) is 38.6 Å². The van der Waals surface area contributed by atoms with Crippen molar-refractivity contribution < 1.29 is 45.7 Å². The fraction of sp³-hybridized carbons (Fsp3) is 0.500. The van der Waals surface area contributed by atoms with Gasteiger partial charge in [-0.15, -0.1) is 0 Å². The molecule has 1 aromatic carbocycles. The third kappa shape index (κ3) is 7.30. The van der Waals surface area contributed by atoms with Gasteiger partial charge in [0.15, 0.2) is 17.6 Å². The molecule has 0 radical (unpaired) electrons. The van der Waals surface area contributed by atoms with Gasteiger partial charge in [0.2, 0.25) is 0 Å². The molecule has 1 rings (SSSR count). The number of carbonyl (C=O) groups is 1. The maximum Gasteiger partial charge on any atom is 0.411 e. The van der Waals surface area contributed by atoms with Gasteiger partial charge in [0.1, 0.15) is 13.2 Å². The molecule has 0 bridgehead atoms. The summed E-state index contributed by atoms with van der Waals surface area (Å²) in [5.41, 5.74) is 0.250. The first-order valence-corrected chi connectivity index (χ1v) is 7.07. The quantitative estimate of drug-likeness (QED) is 0.495. The van der Waals surface area contributed by atoms with Crippen LogP contribution in [0.1, 0.15) is 12.5 Å².